The lowest BCUT2D eigenvalue weighted by molar-refractivity contribution is 0.258. The minimum absolute atomic E-state index is 0.680. The summed E-state index contributed by atoms with van der Waals surface area (Å²) in [6.45, 7) is 7.88. The molecule has 1 heteroatoms. The monoisotopic (exact) mass is 229 g/mol. The normalized spacial score (nSPS) is 22.0. The Bertz CT molecular complexity index is 414. The first-order valence-electron chi connectivity index (χ1n) is 6.49. The van der Waals surface area contributed by atoms with Gasteiger partial charge in [-0.25, -0.2) is 0 Å². The number of aryl methyl sites for hydroxylation is 1. The quantitative estimate of drug-likeness (QED) is 0.701. The van der Waals surface area contributed by atoms with Crippen LogP contribution in [0, 0.1) is 6.92 Å². The molecule has 0 saturated heterocycles. The fourth-order valence-corrected chi connectivity index (χ4v) is 2.50. The van der Waals surface area contributed by atoms with Crippen LogP contribution in [0.1, 0.15) is 31.4 Å². The highest BCUT2D eigenvalue weighted by Crippen LogP contribution is 2.24. The van der Waals surface area contributed by atoms with Gasteiger partial charge in [0.2, 0.25) is 0 Å². The van der Waals surface area contributed by atoms with Gasteiger partial charge in [0.25, 0.3) is 0 Å². The summed E-state index contributed by atoms with van der Waals surface area (Å²) in [7, 11) is 2.22. The van der Waals surface area contributed by atoms with Gasteiger partial charge in [-0.1, -0.05) is 41.0 Å². The molecule has 0 bridgehead atoms. The van der Waals surface area contributed by atoms with E-state index in [1.165, 1.54) is 17.5 Å². The zero-order chi connectivity index (χ0) is 12.4. The fraction of sp³-hybridized carbons (Fsp3) is 0.500. The second-order valence-electron chi connectivity index (χ2n) is 5.51. The molecule has 1 aliphatic heterocycles. The zero-order valence-electron chi connectivity index (χ0n) is 11.5. The van der Waals surface area contributed by atoms with Crippen molar-refractivity contribution in [2.45, 2.75) is 39.7 Å². The molecule has 1 nitrogen and oxygen atoms in total. The Hall–Kier alpha value is -1.08. The van der Waals surface area contributed by atoms with Gasteiger partial charge in [-0.3, -0.25) is 4.90 Å². The van der Waals surface area contributed by atoms with Crippen LogP contribution < -0.4 is 0 Å². The van der Waals surface area contributed by atoms with Crippen molar-refractivity contribution in [2.24, 2.45) is 0 Å². The lowest BCUT2D eigenvalue weighted by Crippen LogP contribution is -2.35. The Morgan fingerprint density at radius 3 is 2.47 bits per heavy atom. The summed E-state index contributed by atoms with van der Waals surface area (Å²) in [6.07, 6.45) is 2.35. The molecule has 1 atom stereocenters. The molecule has 2 rings (SSSR count). The van der Waals surface area contributed by atoms with Crippen molar-refractivity contribution in [1.82, 2.24) is 4.90 Å². The molecule has 1 unspecified atom stereocenters. The Labute approximate surface area is 105 Å². The van der Waals surface area contributed by atoms with Crippen molar-refractivity contribution in [3.8, 4) is 0 Å². The second kappa shape index (κ2) is 5.05. The predicted octanol–water partition coefficient (Wildman–Crippen LogP) is 3.58. The molecule has 1 aromatic rings. The number of likely N-dealkylation sites (N-methyl/N-ethyl adjacent to an activating group) is 1. The van der Waals surface area contributed by atoms with Crippen molar-refractivity contribution >= 4 is 0 Å². The van der Waals surface area contributed by atoms with Gasteiger partial charge in [-0.15, -0.1) is 0 Å². The van der Waals surface area contributed by atoms with Gasteiger partial charge in [-0.05, 0) is 46.2 Å². The standard InChI is InChI=1S/C16H23N/c1-12-5-7-15(8-6-12)10-16-9-14(3)17(4)11-13(16)2/h5-8,14H,9-11H2,1-4H3. The van der Waals surface area contributed by atoms with E-state index in [-0.39, 0.29) is 0 Å². The maximum atomic E-state index is 2.44. The summed E-state index contributed by atoms with van der Waals surface area (Å²) in [6, 6.07) is 9.63. The topological polar surface area (TPSA) is 3.24 Å². The number of hydrogen-bond donors (Lipinski definition) is 0. The minimum Gasteiger partial charge on any atom is -0.299 e. The van der Waals surface area contributed by atoms with Crippen LogP contribution >= 0.6 is 0 Å². The Balaban J connectivity index is 2.13. The van der Waals surface area contributed by atoms with Crippen molar-refractivity contribution in [1.29, 1.82) is 0 Å². The predicted molar refractivity (Wildman–Crippen MR) is 74.3 cm³/mol. The Morgan fingerprint density at radius 2 is 1.82 bits per heavy atom. The first kappa shape index (κ1) is 12.4. The average molecular weight is 229 g/mol. The molecule has 92 valence electrons. The van der Waals surface area contributed by atoms with Gasteiger partial charge in [0.15, 0.2) is 0 Å². The van der Waals surface area contributed by atoms with Crippen molar-refractivity contribution in [2.75, 3.05) is 13.6 Å². The number of benzene rings is 1. The lowest BCUT2D eigenvalue weighted by atomic mass is 9.91. The summed E-state index contributed by atoms with van der Waals surface area (Å²) in [5.41, 5.74) is 5.99. The van der Waals surface area contributed by atoms with Crippen LogP contribution in [0.25, 0.3) is 0 Å². The first-order valence-corrected chi connectivity index (χ1v) is 6.49. The highest BCUT2D eigenvalue weighted by Gasteiger charge is 2.19. The number of nitrogens with zero attached hydrogens (tertiary/aromatic N) is 1. The third kappa shape index (κ3) is 2.98. The third-order valence-electron chi connectivity index (χ3n) is 3.92. The van der Waals surface area contributed by atoms with Gasteiger partial charge in [0.05, 0.1) is 0 Å². The SMILES string of the molecule is CC1=C(Cc2ccc(C)cc2)CC(C)N(C)C1. The first-order chi connectivity index (χ1) is 8.06. The lowest BCUT2D eigenvalue weighted by Gasteiger charge is -2.32. The molecule has 1 aliphatic rings. The molecular weight excluding hydrogens is 206 g/mol. The van der Waals surface area contributed by atoms with Gasteiger partial charge >= 0.3 is 0 Å². The molecule has 1 heterocycles. The maximum Gasteiger partial charge on any atom is 0.0192 e. The molecule has 17 heavy (non-hydrogen) atoms. The highest BCUT2D eigenvalue weighted by atomic mass is 15.1. The maximum absolute atomic E-state index is 2.44. The minimum atomic E-state index is 0.680. The Kier molecular flexibility index (Phi) is 3.68. The van der Waals surface area contributed by atoms with Crippen LogP contribution in [0.2, 0.25) is 0 Å². The molecule has 0 aromatic heterocycles. The van der Waals surface area contributed by atoms with Crippen molar-refractivity contribution in [3.05, 3.63) is 46.5 Å². The van der Waals surface area contributed by atoms with E-state index < -0.39 is 0 Å². The van der Waals surface area contributed by atoms with E-state index >= 15 is 0 Å². The second-order valence-corrected chi connectivity index (χ2v) is 5.51. The summed E-state index contributed by atoms with van der Waals surface area (Å²) in [5, 5.41) is 0. The van der Waals surface area contributed by atoms with Gasteiger partial charge in [0, 0.05) is 12.6 Å². The highest BCUT2D eigenvalue weighted by molar-refractivity contribution is 5.29. The van der Waals surface area contributed by atoms with Gasteiger partial charge in [0.1, 0.15) is 0 Å². The van der Waals surface area contributed by atoms with Crippen molar-refractivity contribution in [3.63, 3.8) is 0 Å². The summed E-state index contributed by atoms with van der Waals surface area (Å²) < 4.78 is 0. The smallest absolute Gasteiger partial charge is 0.0192 e. The molecule has 0 N–H and O–H groups in total. The van der Waals surface area contributed by atoms with E-state index in [4.69, 9.17) is 0 Å². The van der Waals surface area contributed by atoms with E-state index in [0.29, 0.717) is 6.04 Å². The van der Waals surface area contributed by atoms with Crippen LogP contribution in [0.3, 0.4) is 0 Å². The van der Waals surface area contributed by atoms with Crippen LogP contribution in [0.5, 0.6) is 0 Å². The molecule has 1 aromatic carbocycles. The summed E-state index contributed by atoms with van der Waals surface area (Å²) >= 11 is 0. The van der Waals surface area contributed by atoms with E-state index in [0.717, 1.165) is 13.0 Å². The van der Waals surface area contributed by atoms with E-state index in [2.05, 4.69) is 57.0 Å². The van der Waals surface area contributed by atoms with Gasteiger partial charge in [-0.2, -0.15) is 0 Å². The molecule has 0 radical (unpaired) electrons. The van der Waals surface area contributed by atoms with Crippen molar-refractivity contribution < 1.29 is 0 Å². The van der Waals surface area contributed by atoms with Crippen LogP contribution in [-0.4, -0.2) is 24.5 Å². The third-order valence-corrected chi connectivity index (χ3v) is 3.92. The Morgan fingerprint density at radius 1 is 1.18 bits per heavy atom. The molecular formula is C16H23N. The zero-order valence-corrected chi connectivity index (χ0v) is 11.5. The molecule has 0 amide bonds. The van der Waals surface area contributed by atoms with E-state index in [1.807, 2.05) is 0 Å². The van der Waals surface area contributed by atoms with Gasteiger partial charge < -0.3 is 0 Å². The summed E-state index contributed by atoms with van der Waals surface area (Å²) in [4.78, 5) is 2.44. The summed E-state index contributed by atoms with van der Waals surface area (Å²) in [5.74, 6) is 0. The van der Waals surface area contributed by atoms with Crippen LogP contribution in [0.4, 0.5) is 0 Å². The van der Waals surface area contributed by atoms with Crippen LogP contribution in [-0.2, 0) is 6.42 Å². The molecule has 0 saturated carbocycles. The average Bonchev–Trinajstić information content (AvgIpc) is 2.29. The molecule has 0 spiro atoms. The van der Waals surface area contributed by atoms with E-state index in [1.54, 1.807) is 11.1 Å². The number of rotatable bonds is 2. The molecule has 0 fully saturated rings. The van der Waals surface area contributed by atoms with Crippen LogP contribution in [0.15, 0.2) is 35.4 Å². The number of hydrogen-bond acceptors (Lipinski definition) is 1. The van der Waals surface area contributed by atoms with E-state index in [9.17, 15) is 0 Å². The molecule has 0 aliphatic carbocycles. The fourth-order valence-electron chi connectivity index (χ4n) is 2.50. The largest absolute Gasteiger partial charge is 0.299 e.